The van der Waals surface area contributed by atoms with Gasteiger partial charge in [-0.25, -0.2) is 0 Å². The Morgan fingerprint density at radius 2 is 1.39 bits per heavy atom. The van der Waals surface area contributed by atoms with Crippen LogP contribution in [0.4, 0.5) is 0 Å². The molecule has 4 heteroatoms. The van der Waals surface area contributed by atoms with E-state index < -0.39 is 0 Å². The Morgan fingerprint density at radius 1 is 0.742 bits per heavy atom. The SMILES string of the molecule is c1ccc(C(O[N+]2(CCc3ccc4c(c3)OCO4)CCCCC2)c2ccccc2)cc1. The third-order valence-electron chi connectivity index (χ3n) is 6.41. The van der Waals surface area contributed by atoms with Crippen molar-refractivity contribution in [2.45, 2.75) is 31.8 Å². The fourth-order valence-corrected chi connectivity index (χ4v) is 4.69. The number of ether oxygens (including phenoxy) is 2. The number of hydrogen-bond acceptors (Lipinski definition) is 3. The maximum absolute atomic E-state index is 7.05. The lowest BCUT2D eigenvalue weighted by Gasteiger charge is -2.41. The van der Waals surface area contributed by atoms with Gasteiger partial charge in [0.05, 0.1) is 0 Å². The summed E-state index contributed by atoms with van der Waals surface area (Å²) in [7, 11) is 0. The lowest BCUT2D eigenvalue weighted by Crippen LogP contribution is -2.53. The van der Waals surface area contributed by atoms with Crippen molar-refractivity contribution in [1.82, 2.24) is 0 Å². The summed E-state index contributed by atoms with van der Waals surface area (Å²) >= 11 is 0. The Kier molecular flexibility index (Phi) is 5.92. The smallest absolute Gasteiger partial charge is 0.231 e. The molecule has 0 N–H and O–H groups in total. The zero-order valence-electron chi connectivity index (χ0n) is 17.9. The quantitative estimate of drug-likeness (QED) is 0.464. The van der Waals surface area contributed by atoms with Crippen molar-refractivity contribution in [2.75, 3.05) is 26.4 Å². The standard InChI is InChI=1S/C27H30NO3/c1-4-10-23(11-5-1)27(24-12-6-2-7-13-24)31-28(17-8-3-9-18-28)19-16-22-14-15-25-26(20-22)30-21-29-25/h1-2,4-7,10-15,20,27H,3,8-9,16-19,21H2/q+1. The molecule has 0 radical (unpaired) electrons. The van der Waals surface area contributed by atoms with Gasteiger partial charge in [-0.2, -0.15) is 9.48 Å². The first kappa shape index (κ1) is 20.1. The molecule has 31 heavy (non-hydrogen) atoms. The summed E-state index contributed by atoms with van der Waals surface area (Å²) in [6, 6.07) is 27.5. The van der Waals surface area contributed by atoms with Gasteiger partial charge in [0, 0.05) is 6.42 Å². The number of hydroxylamine groups is 3. The van der Waals surface area contributed by atoms with Crippen molar-refractivity contribution in [3.8, 4) is 11.5 Å². The highest BCUT2D eigenvalue weighted by Gasteiger charge is 2.36. The van der Waals surface area contributed by atoms with Crippen LogP contribution in [0.3, 0.4) is 0 Å². The average Bonchev–Trinajstić information content (AvgIpc) is 3.31. The molecule has 2 heterocycles. The monoisotopic (exact) mass is 416 g/mol. The molecule has 2 aliphatic rings. The van der Waals surface area contributed by atoms with E-state index in [0.29, 0.717) is 11.4 Å². The third kappa shape index (κ3) is 4.60. The van der Waals surface area contributed by atoms with Crippen LogP contribution in [-0.4, -0.2) is 31.1 Å². The molecule has 0 aliphatic carbocycles. The minimum absolute atomic E-state index is 0.0720. The third-order valence-corrected chi connectivity index (χ3v) is 6.41. The van der Waals surface area contributed by atoms with E-state index in [-0.39, 0.29) is 6.10 Å². The number of benzene rings is 3. The van der Waals surface area contributed by atoms with Gasteiger partial charge in [-0.1, -0.05) is 66.7 Å². The van der Waals surface area contributed by atoms with Crippen LogP contribution in [0.15, 0.2) is 78.9 Å². The van der Waals surface area contributed by atoms with Gasteiger partial charge in [0.1, 0.15) is 19.6 Å². The van der Waals surface area contributed by atoms with Crippen LogP contribution in [0.1, 0.15) is 42.1 Å². The van der Waals surface area contributed by atoms with Gasteiger partial charge in [0.25, 0.3) is 0 Å². The number of fused-ring (bicyclic) bond motifs is 1. The van der Waals surface area contributed by atoms with Crippen LogP contribution in [0.25, 0.3) is 0 Å². The maximum atomic E-state index is 7.05. The van der Waals surface area contributed by atoms with Crippen molar-refractivity contribution in [3.05, 3.63) is 95.6 Å². The summed E-state index contributed by atoms with van der Waals surface area (Å²) in [6.07, 6.45) is 4.58. The van der Waals surface area contributed by atoms with Gasteiger partial charge in [0.15, 0.2) is 17.6 Å². The zero-order chi connectivity index (χ0) is 20.9. The average molecular weight is 417 g/mol. The molecule has 5 rings (SSSR count). The topological polar surface area (TPSA) is 27.7 Å². The molecular weight excluding hydrogens is 386 g/mol. The first-order valence-corrected chi connectivity index (χ1v) is 11.3. The highest BCUT2D eigenvalue weighted by Crippen LogP contribution is 2.35. The van der Waals surface area contributed by atoms with E-state index in [1.807, 2.05) is 6.07 Å². The van der Waals surface area contributed by atoms with E-state index >= 15 is 0 Å². The summed E-state index contributed by atoms with van der Waals surface area (Å²) in [5.41, 5.74) is 3.69. The normalized spacial score (nSPS) is 17.1. The van der Waals surface area contributed by atoms with E-state index in [0.717, 1.165) is 37.6 Å². The molecular formula is C27H30NO3+. The summed E-state index contributed by atoms with van der Waals surface area (Å²) in [5.74, 6) is 1.70. The number of nitrogens with zero attached hydrogens (tertiary/aromatic N) is 1. The molecule has 3 aromatic carbocycles. The second-order valence-corrected chi connectivity index (χ2v) is 8.53. The van der Waals surface area contributed by atoms with Crippen LogP contribution >= 0.6 is 0 Å². The number of quaternary nitrogens is 1. The molecule has 1 saturated heterocycles. The largest absolute Gasteiger partial charge is 0.454 e. The molecule has 3 aromatic rings. The van der Waals surface area contributed by atoms with Crippen LogP contribution < -0.4 is 9.47 Å². The Bertz CT molecular complexity index is 944. The highest BCUT2D eigenvalue weighted by atomic mass is 16.7. The molecule has 0 atom stereocenters. The number of hydrogen-bond donors (Lipinski definition) is 0. The van der Waals surface area contributed by atoms with Gasteiger partial charge in [-0.15, -0.1) is 0 Å². The molecule has 0 saturated carbocycles. The summed E-state index contributed by atoms with van der Waals surface area (Å²) in [6.45, 7) is 3.38. The van der Waals surface area contributed by atoms with Crippen molar-refractivity contribution < 1.29 is 19.0 Å². The first-order valence-electron chi connectivity index (χ1n) is 11.3. The van der Waals surface area contributed by atoms with Gasteiger partial charge < -0.3 is 9.47 Å². The predicted octanol–water partition coefficient (Wildman–Crippen LogP) is 5.68. The van der Waals surface area contributed by atoms with Crippen molar-refractivity contribution >= 4 is 0 Å². The van der Waals surface area contributed by atoms with Crippen molar-refractivity contribution in [1.29, 1.82) is 0 Å². The maximum Gasteiger partial charge on any atom is 0.231 e. The van der Waals surface area contributed by atoms with Gasteiger partial charge >= 0.3 is 0 Å². The van der Waals surface area contributed by atoms with Crippen LogP contribution in [-0.2, 0) is 11.3 Å². The van der Waals surface area contributed by atoms with E-state index in [2.05, 4.69) is 72.8 Å². The van der Waals surface area contributed by atoms with Crippen molar-refractivity contribution in [2.24, 2.45) is 0 Å². The zero-order valence-corrected chi connectivity index (χ0v) is 17.9. The molecule has 4 nitrogen and oxygen atoms in total. The first-order chi connectivity index (χ1) is 15.3. The highest BCUT2D eigenvalue weighted by molar-refractivity contribution is 5.44. The molecule has 0 amide bonds. The second kappa shape index (κ2) is 9.13. The minimum Gasteiger partial charge on any atom is -0.454 e. The summed E-state index contributed by atoms with van der Waals surface area (Å²) in [4.78, 5) is 7.05. The lowest BCUT2D eigenvalue weighted by molar-refractivity contribution is -1.11. The van der Waals surface area contributed by atoms with Gasteiger partial charge in [-0.05, 0) is 48.1 Å². The Morgan fingerprint density at radius 3 is 2.06 bits per heavy atom. The van der Waals surface area contributed by atoms with Crippen LogP contribution in [0.2, 0.25) is 0 Å². The van der Waals surface area contributed by atoms with E-state index in [4.69, 9.17) is 14.3 Å². The number of rotatable bonds is 7. The van der Waals surface area contributed by atoms with E-state index in [1.165, 1.54) is 36.0 Å². The van der Waals surface area contributed by atoms with E-state index in [9.17, 15) is 0 Å². The summed E-state index contributed by atoms with van der Waals surface area (Å²) < 4.78 is 11.7. The Hall–Kier alpha value is -2.82. The van der Waals surface area contributed by atoms with Crippen LogP contribution in [0, 0.1) is 0 Å². The van der Waals surface area contributed by atoms with Gasteiger partial charge in [0.2, 0.25) is 6.79 Å². The molecule has 1 fully saturated rings. The van der Waals surface area contributed by atoms with Crippen molar-refractivity contribution in [3.63, 3.8) is 0 Å². The molecule has 160 valence electrons. The fourth-order valence-electron chi connectivity index (χ4n) is 4.69. The Labute approximate surface area is 184 Å². The second-order valence-electron chi connectivity index (χ2n) is 8.53. The summed E-state index contributed by atoms with van der Waals surface area (Å²) in [5, 5.41) is 0. The Balaban J connectivity index is 1.40. The number of likely N-dealkylation sites (tertiary alicyclic amines) is 1. The molecule has 0 bridgehead atoms. The van der Waals surface area contributed by atoms with Gasteiger partial charge in [-0.3, -0.25) is 0 Å². The lowest BCUT2D eigenvalue weighted by atomic mass is 10.0. The molecule has 2 aliphatic heterocycles. The molecule has 0 aromatic heterocycles. The fraction of sp³-hybridized carbons (Fsp3) is 0.333. The number of piperidine rings is 1. The van der Waals surface area contributed by atoms with E-state index in [1.54, 1.807) is 0 Å². The molecule has 0 unspecified atom stereocenters. The molecule has 0 spiro atoms. The van der Waals surface area contributed by atoms with Crippen LogP contribution in [0.5, 0.6) is 11.5 Å². The predicted molar refractivity (Wildman–Crippen MR) is 121 cm³/mol. The minimum atomic E-state index is -0.0720.